The first-order valence-corrected chi connectivity index (χ1v) is 4.54. The van der Waals surface area contributed by atoms with E-state index in [0.717, 1.165) is 5.56 Å². The Labute approximate surface area is 89.6 Å². The Kier molecular flexibility index (Phi) is 4.45. The number of aromatic nitrogens is 1. The van der Waals surface area contributed by atoms with Crippen LogP contribution >= 0.6 is 0 Å². The van der Waals surface area contributed by atoms with Crippen LogP contribution in [0.4, 0.5) is 0 Å². The molecule has 0 aliphatic heterocycles. The minimum Gasteiger partial charge on any atom is -0.481 e. The van der Waals surface area contributed by atoms with E-state index in [1.807, 2.05) is 13.1 Å². The van der Waals surface area contributed by atoms with Crippen molar-refractivity contribution >= 4 is 0 Å². The molecule has 0 aliphatic carbocycles. The van der Waals surface area contributed by atoms with Gasteiger partial charge in [0.2, 0.25) is 11.8 Å². The van der Waals surface area contributed by atoms with Gasteiger partial charge in [-0.2, -0.15) is 4.98 Å². The smallest absolute Gasteiger partial charge is 0.232 e. The molecule has 0 bridgehead atoms. The van der Waals surface area contributed by atoms with E-state index in [9.17, 15) is 0 Å². The predicted molar refractivity (Wildman–Crippen MR) is 58.1 cm³/mol. The van der Waals surface area contributed by atoms with Crippen LogP contribution in [-0.2, 0) is 0 Å². The molecule has 4 nitrogen and oxygen atoms in total. The predicted octanol–water partition coefficient (Wildman–Crippen LogP) is 0.670. The van der Waals surface area contributed by atoms with Crippen molar-refractivity contribution in [3.05, 3.63) is 17.7 Å². The van der Waals surface area contributed by atoms with Gasteiger partial charge in [-0.25, -0.2) is 0 Å². The number of pyridine rings is 1. The van der Waals surface area contributed by atoms with Crippen LogP contribution in [0.3, 0.4) is 0 Å². The summed E-state index contributed by atoms with van der Waals surface area (Å²) in [5.74, 6) is 6.91. The van der Waals surface area contributed by atoms with Gasteiger partial charge in [0.15, 0.2) is 0 Å². The van der Waals surface area contributed by atoms with Crippen LogP contribution in [0.1, 0.15) is 5.56 Å². The van der Waals surface area contributed by atoms with Gasteiger partial charge in [-0.15, -0.1) is 0 Å². The summed E-state index contributed by atoms with van der Waals surface area (Å²) in [6, 6.07) is 3.58. The Bertz CT molecular complexity index is 380. The largest absolute Gasteiger partial charge is 0.481 e. The summed E-state index contributed by atoms with van der Waals surface area (Å²) < 4.78 is 10.1. The minimum absolute atomic E-state index is 0.484. The van der Waals surface area contributed by atoms with Crippen molar-refractivity contribution in [2.24, 2.45) is 0 Å². The Hall–Kier alpha value is -1.73. The second-order valence-corrected chi connectivity index (χ2v) is 2.74. The molecule has 4 heteroatoms. The van der Waals surface area contributed by atoms with E-state index >= 15 is 0 Å². The molecule has 1 N–H and O–H groups in total. The summed E-state index contributed by atoms with van der Waals surface area (Å²) >= 11 is 0. The highest BCUT2D eigenvalue weighted by atomic mass is 16.5. The van der Waals surface area contributed by atoms with Crippen molar-refractivity contribution in [3.8, 4) is 23.6 Å². The molecule has 0 aromatic carbocycles. The van der Waals surface area contributed by atoms with Crippen molar-refractivity contribution in [1.29, 1.82) is 0 Å². The zero-order chi connectivity index (χ0) is 11.1. The molecule has 0 amide bonds. The highest BCUT2D eigenvalue weighted by molar-refractivity contribution is 5.43. The third-order valence-corrected chi connectivity index (χ3v) is 1.73. The molecule has 0 fully saturated rings. The Morgan fingerprint density at radius 2 is 2.13 bits per heavy atom. The zero-order valence-corrected chi connectivity index (χ0v) is 9.13. The summed E-state index contributed by atoms with van der Waals surface area (Å²) in [6.45, 7) is 0.634. The van der Waals surface area contributed by atoms with E-state index < -0.39 is 0 Å². The number of hydrogen-bond acceptors (Lipinski definition) is 4. The maximum Gasteiger partial charge on any atom is 0.232 e. The zero-order valence-electron chi connectivity index (χ0n) is 9.13. The fourth-order valence-corrected chi connectivity index (χ4v) is 1.02. The molecule has 0 unspecified atom stereocenters. The van der Waals surface area contributed by atoms with Crippen molar-refractivity contribution in [1.82, 2.24) is 10.3 Å². The van der Waals surface area contributed by atoms with E-state index in [2.05, 4.69) is 22.1 Å². The van der Waals surface area contributed by atoms with Gasteiger partial charge in [0, 0.05) is 6.07 Å². The first-order valence-electron chi connectivity index (χ1n) is 4.54. The quantitative estimate of drug-likeness (QED) is 0.738. The normalized spacial score (nSPS) is 9.00. The summed E-state index contributed by atoms with van der Waals surface area (Å²) in [6.07, 6.45) is 0. The highest BCUT2D eigenvalue weighted by Crippen LogP contribution is 2.18. The van der Waals surface area contributed by atoms with Crippen molar-refractivity contribution < 1.29 is 9.47 Å². The van der Waals surface area contributed by atoms with Gasteiger partial charge < -0.3 is 14.8 Å². The van der Waals surface area contributed by atoms with Gasteiger partial charge in [-0.3, -0.25) is 0 Å². The topological polar surface area (TPSA) is 43.4 Å². The first kappa shape index (κ1) is 11.3. The fourth-order valence-electron chi connectivity index (χ4n) is 1.02. The molecule has 0 saturated carbocycles. The van der Waals surface area contributed by atoms with Gasteiger partial charge in [0.25, 0.3) is 0 Å². The lowest BCUT2D eigenvalue weighted by atomic mass is 10.2. The second-order valence-electron chi connectivity index (χ2n) is 2.74. The highest BCUT2D eigenvalue weighted by Gasteiger charge is 2.03. The SMILES string of the molecule is CNCC#Cc1ccc(OC)nc1OC. The molecule has 0 atom stereocenters. The van der Waals surface area contributed by atoms with Gasteiger partial charge in [0.1, 0.15) is 0 Å². The van der Waals surface area contributed by atoms with Crippen molar-refractivity contribution in [2.75, 3.05) is 27.8 Å². The Balaban J connectivity index is 2.93. The van der Waals surface area contributed by atoms with Crippen LogP contribution in [-0.4, -0.2) is 32.8 Å². The summed E-state index contributed by atoms with van der Waals surface area (Å²) in [7, 11) is 4.97. The molecule has 15 heavy (non-hydrogen) atoms. The lowest BCUT2D eigenvalue weighted by molar-refractivity contribution is 0.364. The molecule has 1 aromatic rings. The number of ether oxygens (including phenoxy) is 2. The molecule has 1 aromatic heterocycles. The van der Waals surface area contributed by atoms with E-state index in [4.69, 9.17) is 9.47 Å². The van der Waals surface area contributed by atoms with E-state index in [1.54, 1.807) is 20.3 Å². The lowest BCUT2D eigenvalue weighted by Crippen LogP contribution is -2.04. The third kappa shape index (κ3) is 3.15. The molecular weight excluding hydrogens is 192 g/mol. The second kappa shape index (κ2) is 5.89. The van der Waals surface area contributed by atoms with Crippen molar-refractivity contribution in [2.45, 2.75) is 0 Å². The van der Waals surface area contributed by atoms with Crippen LogP contribution in [0.5, 0.6) is 11.8 Å². The van der Waals surface area contributed by atoms with E-state index in [0.29, 0.717) is 18.3 Å². The lowest BCUT2D eigenvalue weighted by Gasteiger charge is -2.04. The maximum atomic E-state index is 5.10. The molecule has 1 heterocycles. The molecule has 80 valence electrons. The molecule has 0 spiro atoms. The summed E-state index contributed by atoms with van der Waals surface area (Å²) in [5, 5.41) is 2.94. The third-order valence-electron chi connectivity index (χ3n) is 1.73. The van der Waals surface area contributed by atoms with Crippen LogP contribution in [0.25, 0.3) is 0 Å². The Morgan fingerprint density at radius 1 is 1.33 bits per heavy atom. The fraction of sp³-hybridized carbons (Fsp3) is 0.364. The van der Waals surface area contributed by atoms with E-state index in [-0.39, 0.29) is 0 Å². The molecule has 0 aliphatic rings. The van der Waals surface area contributed by atoms with Gasteiger partial charge in [0.05, 0.1) is 26.3 Å². The maximum absolute atomic E-state index is 5.10. The number of methoxy groups -OCH3 is 2. The summed E-state index contributed by atoms with van der Waals surface area (Å²) in [4.78, 5) is 4.12. The van der Waals surface area contributed by atoms with E-state index in [1.165, 1.54) is 0 Å². The van der Waals surface area contributed by atoms with Gasteiger partial charge >= 0.3 is 0 Å². The minimum atomic E-state index is 0.484. The number of rotatable bonds is 3. The average molecular weight is 206 g/mol. The van der Waals surface area contributed by atoms with Crippen LogP contribution in [0.15, 0.2) is 12.1 Å². The van der Waals surface area contributed by atoms with Gasteiger partial charge in [-0.05, 0) is 13.1 Å². The van der Waals surface area contributed by atoms with Gasteiger partial charge in [-0.1, -0.05) is 11.8 Å². The first-order chi connectivity index (χ1) is 7.31. The molecule has 1 rings (SSSR count). The number of nitrogens with zero attached hydrogens (tertiary/aromatic N) is 1. The molecular formula is C11H14N2O2. The standard InChI is InChI=1S/C11H14N2O2/c1-12-8-4-5-9-6-7-10(14-2)13-11(9)15-3/h6-7,12H,8H2,1-3H3. The van der Waals surface area contributed by atoms with Crippen LogP contribution in [0, 0.1) is 11.8 Å². The van der Waals surface area contributed by atoms with Crippen molar-refractivity contribution in [3.63, 3.8) is 0 Å². The van der Waals surface area contributed by atoms with Crippen LogP contribution < -0.4 is 14.8 Å². The molecule has 0 saturated heterocycles. The monoisotopic (exact) mass is 206 g/mol. The van der Waals surface area contributed by atoms with Crippen LogP contribution in [0.2, 0.25) is 0 Å². The Morgan fingerprint density at radius 3 is 2.73 bits per heavy atom. The average Bonchev–Trinajstić information content (AvgIpc) is 2.29. The summed E-state index contributed by atoms with van der Waals surface area (Å²) in [5.41, 5.74) is 0.758. The number of nitrogens with one attached hydrogen (secondary N) is 1. The number of hydrogen-bond donors (Lipinski definition) is 1. The molecule has 0 radical (unpaired) electrons.